The molecule has 1 atom stereocenters. The van der Waals surface area contributed by atoms with Crippen LogP contribution in [0.1, 0.15) is 22.3 Å². The Bertz CT molecular complexity index is 1650. The van der Waals surface area contributed by atoms with Gasteiger partial charge in [-0.1, -0.05) is 42.5 Å². The van der Waals surface area contributed by atoms with E-state index in [-0.39, 0.29) is 11.7 Å². The zero-order chi connectivity index (χ0) is 27.5. The summed E-state index contributed by atoms with van der Waals surface area (Å²) in [5.41, 5.74) is 5.15. The molecule has 0 saturated carbocycles. The Kier molecular flexibility index (Phi) is 7.16. The van der Waals surface area contributed by atoms with Crippen molar-refractivity contribution in [2.75, 3.05) is 26.7 Å². The minimum Gasteiger partial charge on any atom is -0.507 e. The summed E-state index contributed by atoms with van der Waals surface area (Å²) < 4.78 is 5.38. The quantitative estimate of drug-likeness (QED) is 0.252. The molecule has 0 unspecified atom stereocenters. The first-order valence-corrected chi connectivity index (χ1v) is 13.4. The first-order valence-electron chi connectivity index (χ1n) is 13.4. The maximum absolute atomic E-state index is 13.0. The van der Waals surface area contributed by atoms with Gasteiger partial charge in [-0.25, -0.2) is 9.97 Å². The minimum atomic E-state index is -0.104. The molecule has 202 valence electrons. The number of hydrogen-bond acceptors (Lipinski definition) is 6. The van der Waals surface area contributed by atoms with Gasteiger partial charge in [-0.3, -0.25) is 9.69 Å². The molecular weight excluding hydrogens is 502 g/mol. The van der Waals surface area contributed by atoms with E-state index in [1.807, 2.05) is 36.4 Å². The predicted molar refractivity (Wildman–Crippen MR) is 155 cm³/mol. The van der Waals surface area contributed by atoms with Gasteiger partial charge in [0.25, 0.3) is 5.91 Å². The van der Waals surface area contributed by atoms with Crippen LogP contribution in [-0.2, 0) is 6.54 Å². The van der Waals surface area contributed by atoms with Crippen LogP contribution < -0.4 is 10.1 Å². The molecule has 0 radical (unpaired) electrons. The molecule has 3 heterocycles. The third-order valence-electron chi connectivity index (χ3n) is 7.46. The fourth-order valence-electron chi connectivity index (χ4n) is 5.39. The summed E-state index contributed by atoms with van der Waals surface area (Å²) in [6, 6.07) is 25.0. The van der Waals surface area contributed by atoms with Crippen molar-refractivity contribution in [1.29, 1.82) is 0 Å². The Morgan fingerprint density at radius 3 is 2.73 bits per heavy atom. The molecule has 3 aromatic carbocycles. The number of aromatic amines is 1. The Balaban J connectivity index is 1.14. The smallest absolute Gasteiger partial charge is 0.251 e. The van der Waals surface area contributed by atoms with Crippen molar-refractivity contribution in [3.8, 4) is 34.1 Å². The molecule has 0 bridgehead atoms. The average Bonchev–Trinajstić information content (AvgIpc) is 3.63. The number of nitrogens with zero attached hydrogens (tertiary/aromatic N) is 3. The topological polar surface area (TPSA) is 103 Å². The van der Waals surface area contributed by atoms with Crippen molar-refractivity contribution < 1.29 is 14.6 Å². The molecular formula is C32H31N5O3. The van der Waals surface area contributed by atoms with Crippen molar-refractivity contribution in [1.82, 2.24) is 25.2 Å². The van der Waals surface area contributed by atoms with E-state index in [2.05, 4.69) is 49.4 Å². The highest BCUT2D eigenvalue weighted by atomic mass is 16.5. The van der Waals surface area contributed by atoms with Gasteiger partial charge in [0.2, 0.25) is 5.88 Å². The molecule has 1 saturated heterocycles. The average molecular weight is 534 g/mol. The highest BCUT2D eigenvalue weighted by molar-refractivity contribution is 5.98. The van der Waals surface area contributed by atoms with Gasteiger partial charge in [0.05, 0.1) is 23.7 Å². The van der Waals surface area contributed by atoms with Gasteiger partial charge in [0, 0.05) is 42.5 Å². The molecule has 0 spiro atoms. The summed E-state index contributed by atoms with van der Waals surface area (Å²) in [6.07, 6.45) is 2.72. The lowest BCUT2D eigenvalue weighted by Gasteiger charge is -2.16. The van der Waals surface area contributed by atoms with Crippen molar-refractivity contribution in [2.24, 2.45) is 5.92 Å². The van der Waals surface area contributed by atoms with Crippen molar-refractivity contribution in [3.63, 3.8) is 0 Å². The molecule has 5 aromatic rings. The minimum absolute atomic E-state index is 0.0729. The Morgan fingerprint density at radius 2 is 1.88 bits per heavy atom. The number of nitrogens with one attached hydrogen (secondary N) is 2. The zero-order valence-electron chi connectivity index (χ0n) is 22.3. The molecule has 2 aromatic heterocycles. The van der Waals surface area contributed by atoms with E-state index < -0.39 is 0 Å². The fraction of sp³-hybridized carbons (Fsp3) is 0.219. The lowest BCUT2D eigenvalue weighted by molar-refractivity contribution is 0.0947. The van der Waals surface area contributed by atoms with Crippen LogP contribution in [0.25, 0.3) is 33.5 Å². The second kappa shape index (κ2) is 11.2. The number of aromatic hydroxyl groups is 1. The number of hydrogen-bond donors (Lipinski definition) is 3. The molecule has 6 rings (SSSR count). The highest BCUT2D eigenvalue weighted by Crippen LogP contribution is 2.40. The number of phenols is 1. The van der Waals surface area contributed by atoms with E-state index in [1.165, 1.54) is 5.56 Å². The molecule has 1 aliphatic heterocycles. The number of H-pyrrole nitrogens is 1. The maximum atomic E-state index is 13.0. The van der Waals surface area contributed by atoms with E-state index in [1.54, 1.807) is 31.5 Å². The fourth-order valence-corrected chi connectivity index (χ4v) is 5.39. The summed E-state index contributed by atoms with van der Waals surface area (Å²) in [5.74, 6) is 1.34. The van der Waals surface area contributed by atoms with Crippen molar-refractivity contribution >= 4 is 16.9 Å². The van der Waals surface area contributed by atoms with Crippen molar-refractivity contribution in [3.05, 3.63) is 96.2 Å². The Morgan fingerprint density at radius 1 is 1.05 bits per heavy atom. The number of amides is 1. The molecule has 1 amide bonds. The standard InChI is InChI=1S/C32H31N5O3/c1-40-32-25(11-6-15-33-32)24-9-5-10-26(29(24)38)30-35-27-13-12-23(17-28(27)36-30)31(39)34-18-22-14-16-37(20-22)19-21-7-3-2-4-8-21/h2-13,15,17,22,38H,14,16,18-20H2,1H3,(H,34,39)(H,35,36)/t22-/m0/s1. The number of phenolic OH excluding ortho intramolecular Hbond substituents is 1. The summed E-state index contributed by atoms with van der Waals surface area (Å²) in [4.78, 5) is 27.6. The number of likely N-dealkylation sites (tertiary alicyclic amines) is 1. The summed E-state index contributed by atoms with van der Waals surface area (Å²) >= 11 is 0. The summed E-state index contributed by atoms with van der Waals surface area (Å²) in [5, 5.41) is 14.3. The Hall–Kier alpha value is -4.69. The van der Waals surface area contributed by atoms with E-state index in [0.29, 0.717) is 51.9 Å². The van der Waals surface area contributed by atoms with Gasteiger partial charge in [-0.15, -0.1) is 0 Å². The van der Waals surface area contributed by atoms with Gasteiger partial charge >= 0.3 is 0 Å². The molecule has 1 aliphatic rings. The zero-order valence-corrected chi connectivity index (χ0v) is 22.3. The summed E-state index contributed by atoms with van der Waals surface area (Å²) in [7, 11) is 1.55. The normalized spacial score (nSPS) is 15.4. The van der Waals surface area contributed by atoms with Crippen LogP contribution in [0.15, 0.2) is 85.1 Å². The van der Waals surface area contributed by atoms with Crippen LogP contribution in [0.5, 0.6) is 11.6 Å². The van der Waals surface area contributed by atoms with E-state index in [9.17, 15) is 9.90 Å². The highest BCUT2D eigenvalue weighted by Gasteiger charge is 2.23. The molecule has 3 N–H and O–H groups in total. The predicted octanol–water partition coefficient (Wildman–Crippen LogP) is 5.26. The molecule has 40 heavy (non-hydrogen) atoms. The van der Waals surface area contributed by atoms with Gasteiger partial charge in [0.1, 0.15) is 11.6 Å². The third-order valence-corrected chi connectivity index (χ3v) is 7.46. The van der Waals surface area contributed by atoms with E-state index in [4.69, 9.17) is 4.74 Å². The van der Waals surface area contributed by atoms with Crippen LogP contribution >= 0.6 is 0 Å². The molecule has 0 aliphatic carbocycles. The number of rotatable bonds is 8. The van der Waals surface area contributed by atoms with Crippen LogP contribution in [0, 0.1) is 5.92 Å². The largest absolute Gasteiger partial charge is 0.507 e. The van der Waals surface area contributed by atoms with E-state index in [0.717, 1.165) is 31.6 Å². The number of benzene rings is 3. The summed E-state index contributed by atoms with van der Waals surface area (Å²) in [6.45, 7) is 3.61. The molecule has 8 nitrogen and oxygen atoms in total. The number of ether oxygens (including phenoxy) is 1. The number of aromatic nitrogens is 3. The number of fused-ring (bicyclic) bond motifs is 1. The second-order valence-corrected chi connectivity index (χ2v) is 10.2. The number of imidazole rings is 1. The lowest BCUT2D eigenvalue weighted by Crippen LogP contribution is -2.30. The first-order chi connectivity index (χ1) is 19.6. The number of para-hydroxylation sites is 1. The van der Waals surface area contributed by atoms with Crippen LogP contribution in [0.3, 0.4) is 0 Å². The van der Waals surface area contributed by atoms with E-state index >= 15 is 0 Å². The monoisotopic (exact) mass is 533 g/mol. The van der Waals surface area contributed by atoms with Crippen LogP contribution in [-0.4, -0.2) is 57.6 Å². The number of pyridine rings is 1. The number of methoxy groups -OCH3 is 1. The number of carbonyl (C=O) groups is 1. The van der Waals surface area contributed by atoms with Crippen molar-refractivity contribution in [2.45, 2.75) is 13.0 Å². The third kappa shape index (κ3) is 5.26. The maximum Gasteiger partial charge on any atom is 0.251 e. The van der Waals surface area contributed by atoms with Gasteiger partial charge < -0.3 is 20.1 Å². The second-order valence-electron chi connectivity index (χ2n) is 10.2. The number of carbonyl (C=O) groups excluding carboxylic acids is 1. The van der Waals surface area contributed by atoms with Crippen LogP contribution in [0.4, 0.5) is 0 Å². The lowest BCUT2D eigenvalue weighted by atomic mass is 10.0. The van der Waals surface area contributed by atoms with Gasteiger partial charge in [0.15, 0.2) is 0 Å². The molecule has 8 heteroatoms. The SMILES string of the molecule is COc1ncccc1-c1cccc(-c2nc3ccc(C(=O)NC[C@@H]4CCN(Cc5ccccc5)C4)cc3[nH]2)c1O. The van der Waals surface area contributed by atoms with Gasteiger partial charge in [-0.05, 0) is 60.8 Å². The Labute approximate surface area is 232 Å². The van der Waals surface area contributed by atoms with Crippen LogP contribution in [0.2, 0.25) is 0 Å². The molecule has 1 fully saturated rings. The van der Waals surface area contributed by atoms with Gasteiger partial charge in [-0.2, -0.15) is 0 Å². The first kappa shape index (κ1) is 25.6.